The van der Waals surface area contributed by atoms with Crippen LogP contribution < -0.4 is 5.32 Å². The minimum Gasteiger partial charge on any atom is -0.462 e. The summed E-state index contributed by atoms with van der Waals surface area (Å²) in [7, 11) is -3.95. The Labute approximate surface area is 128 Å². The molecule has 0 saturated carbocycles. The molecule has 22 heavy (non-hydrogen) atoms. The van der Waals surface area contributed by atoms with Crippen LogP contribution >= 0.6 is 0 Å². The Hall–Kier alpha value is -1.96. The molecule has 0 saturated heterocycles. The topological polar surface area (TPSA) is 89.5 Å². The number of halogens is 1. The van der Waals surface area contributed by atoms with Gasteiger partial charge in [0.1, 0.15) is 10.7 Å². The van der Waals surface area contributed by atoms with Crippen LogP contribution in [-0.2, 0) is 19.4 Å². The van der Waals surface area contributed by atoms with Gasteiger partial charge in [0.05, 0.1) is 17.9 Å². The molecule has 1 amide bonds. The molecule has 0 bridgehead atoms. The first-order valence-corrected chi connectivity index (χ1v) is 8.43. The van der Waals surface area contributed by atoms with E-state index in [2.05, 4.69) is 5.32 Å². The van der Waals surface area contributed by atoms with Gasteiger partial charge in [-0.1, -0.05) is 0 Å². The highest BCUT2D eigenvalue weighted by Crippen LogP contribution is 2.18. The van der Waals surface area contributed by atoms with Gasteiger partial charge in [0, 0.05) is 13.0 Å². The molecule has 0 aliphatic rings. The van der Waals surface area contributed by atoms with Gasteiger partial charge in [-0.3, -0.25) is 4.79 Å². The Kier molecular flexibility index (Phi) is 6.48. The van der Waals surface area contributed by atoms with E-state index in [4.69, 9.17) is 4.74 Å². The van der Waals surface area contributed by atoms with E-state index in [0.717, 1.165) is 12.1 Å². The number of carbonyl (C=O) groups is 2. The van der Waals surface area contributed by atoms with E-state index in [1.54, 1.807) is 13.8 Å². The number of carbonyl (C=O) groups excluding carboxylic acids is 2. The molecule has 1 N–H and O–H groups in total. The highest BCUT2D eigenvalue weighted by molar-refractivity contribution is 7.91. The summed E-state index contributed by atoms with van der Waals surface area (Å²) in [6, 6.07) is 3.01. The molecule has 8 heteroatoms. The van der Waals surface area contributed by atoms with Crippen LogP contribution in [0.4, 0.5) is 4.39 Å². The number of hydrogen-bond acceptors (Lipinski definition) is 5. The van der Waals surface area contributed by atoms with Crippen molar-refractivity contribution in [2.45, 2.75) is 25.2 Å². The number of sulfone groups is 1. The third kappa shape index (κ3) is 4.80. The minimum absolute atomic E-state index is 0.0676. The lowest BCUT2D eigenvalue weighted by molar-refractivity contribution is -0.120. The first-order valence-electron chi connectivity index (χ1n) is 6.78. The van der Waals surface area contributed by atoms with Crippen molar-refractivity contribution < 1.29 is 27.1 Å². The normalized spacial score (nSPS) is 11.0. The van der Waals surface area contributed by atoms with E-state index in [1.807, 2.05) is 0 Å². The summed E-state index contributed by atoms with van der Waals surface area (Å²) < 4.78 is 42.7. The molecule has 122 valence electrons. The summed E-state index contributed by atoms with van der Waals surface area (Å²) in [4.78, 5) is 22.2. The van der Waals surface area contributed by atoms with Gasteiger partial charge in [-0.25, -0.2) is 17.6 Å². The van der Waals surface area contributed by atoms with E-state index in [9.17, 15) is 22.4 Å². The van der Waals surface area contributed by atoms with Gasteiger partial charge in [-0.2, -0.15) is 0 Å². The predicted octanol–water partition coefficient (Wildman–Crippen LogP) is 1.30. The van der Waals surface area contributed by atoms with Gasteiger partial charge in [0.25, 0.3) is 0 Å². The van der Waals surface area contributed by atoms with Crippen molar-refractivity contribution in [1.29, 1.82) is 0 Å². The summed E-state index contributed by atoms with van der Waals surface area (Å²) in [6.07, 6.45) is -0.255. The van der Waals surface area contributed by atoms with Crippen molar-refractivity contribution in [2.75, 3.05) is 18.9 Å². The zero-order chi connectivity index (χ0) is 16.8. The maximum absolute atomic E-state index is 13.9. The summed E-state index contributed by atoms with van der Waals surface area (Å²) in [6.45, 7) is 3.84. The molecule has 0 aromatic heterocycles. The predicted molar refractivity (Wildman–Crippen MR) is 77.7 cm³/mol. The fourth-order valence-electron chi connectivity index (χ4n) is 1.72. The van der Waals surface area contributed by atoms with Crippen molar-refractivity contribution in [3.8, 4) is 0 Å². The molecule has 0 aliphatic carbocycles. The Morgan fingerprint density at radius 1 is 1.27 bits per heavy atom. The average Bonchev–Trinajstić information content (AvgIpc) is 2.45. The van der Waals surface area contributed by atoms with Crippen LogP contribution in [0, 0.1) is 5.82 Å². The van der Waals surface area contributed by atoms with Crippen LogP contribution in [0.3, 0.4) is 0 Å². The largest absolute Gasteiger partial charge is 0.462 e. The SMILES string of the molecule is CCNC(=O)CCS(=O)(=O)c1ccc(C(=O)OCC)cc1F. The number of nitrogens with one attached hydrogen (secondary N) is 1. The van der Waals surface area contributed by atoms with E-state index in [1.165, 1.54) is 6.07 Å². The second-order valence-electron chi connectivity index (χ2n) is 4.39. The number of amides is 1. The van der Waals surface area contributed by atoms with Crippen molar-refractivity contribution in [1.82, 2.24) is 5.32 Å². The zero-order valence-corrected chi connectivity index (χ0v) is 13.2. The molecule has 1 aromatic rings. The van der Waals surface area contributed by atoms with E-state index in [0.29, 0.717) is 6.54 Å². The summed E-state index contributed by atoms with van der Waals surface area (Å²) in [5.74, 6) is -2.70. The number of benzene rings is 1. The van der Waals surface area contributed by atoms with Crippen molar-refractivity contribution in [2.24, 2.45) is 0 Å². The van der Waals surface area contributed by atoms with Gasteiger partial charge in [0.15, 0.2) is 9.84 Å². The molecule has 0 fully saturated rings. The molecular weight excluding hydrogens is 313 g/mol. The van der Waals surface area contributed by atoms with Gasteiger partial charge >= 0.3 is 5.97 Å². The fourth-order valence-corrected chi connectivity index (χ4v) is 3.02. The monoisotopic (exact) mass is 331 g/mol. The first kappa shape index (κ1) is 18.1. The molecule has 0 unspecified atom stereocenters. The molecule has 1 aromatic carbocycles. The Morgan fingerprint density at radius 3 is 2.50 bits per heavy atom. The number of rotatable bonds is 7. The maximum Gasteiger partial charge on any atom is 0.338 e. The van der Waals surface area contributed by atoms with Gasteiger partial charge in [-0.05, 0) is 32.0 Å². The van der Waals surface area contributed by atoms with E-state index >= 15 is 0 Å². The van der Waals surface area contributed by atoms with Crippen LogP contribution in [0.15, 0.2) is 23.1 Å². The summed E-state index contributed by atoms with van der Waals surface area (Å²) in [5, 5.41) is 2.46. The average molecular weight is 331 g/mol. The molecular formula is C14H18FNO5S. The van der Waals surface area contributed by atoms with Crippen LogP contribution in [0.2, 0.25) is 0 Å². The lowest BCUT2D eigenvalue weighted by atomic mass is 10.2. The molecule has 0 aliphatic heterocycles. The summed E-state index contributed by atoms with van der Waals surface area (Å²) >= 11 is 0. The standard InChI is InChI=1S/C14H18FNO5S/c1-3-16-13(17)7-8-22(19,20)12-6-5-10(9-11(12)15)14(18)21-4-2/h5-6,9H,3-4,7-8H2,1-2H3,(H,16,17). The number of ether oxygens (including phenoxy) is 1. The second kappa shape index (κ2) is 7.88. The maximum atomic E-state index is 13.9. The first-order chi connectivity index (χ1) is 10.3. The van der Waals surface area contributed by atoms with Crippen molar-refractivity contribution >= 4 is 21.7 Å². The lowest BCUT2D eigenvalue weighted by Gasteiger charge is -2.07. The van der Waals surface area contributed by atoms with Gasteiger partial charge < -0.3 is 10.1 Å². The second-order valence-corrected chi connectivity index (χ2v) is 6.47. The highest BCUT2D eigenvalue weighted by atomic mass is 32.2. The molecule has 1 rings (SSSR count). The molecule has 6 nitrogen and oxygen atoms in total. The smallest absolute Gasteiger partial charge is 0.338 e. The summed E-state index contributed by atoms with van der Waals surface area (Å²) in [5.41, 5.74) is -0.0676. The Bertz CT molecular complexity index is 657. The van der Waals surface area contributed by atoms with Crippen LogP contribution in [0.25, 0.3) is 0 Å². The van der Waals surface area contributed by atoms with Gasteiger partial charge in [0.2, 0.25) is 5.91 Å². The Morgan fingerprint density at radius 2 is 1.95 bits per heavy atom. The van der Waals surface area contributed by atoms with Gasteiger partial charge in [-0.15, -0.1) is 0 Å². The lowest BCUT2D eigenvalue weighted by Crippen LogP contribution is -2.25. The van der Waals surface area contributed by atoms with E-state index < -0.39 is 38.2 Å². The third-order valence-electron chi connectivity index (χ3n) is 2.75. The quantitative estimate of drug-likeness (QED) is 0.761. The minimum atomic E-state index is -3.95. The third-order valence-corrected chi connectivity index (χ3v) is 4.49. The number of esters is 1. The highest BCUT2D eigenvalue weighted by Gasteiger charge is 2.22. The fraction of sp³-hybridized carbons (Fsp3) is 0.429. The molecule has 0 radical (unpaired) electrons. The molecule has 0 atom stereocenters. The number of hydrogen-bond donors (Lipinski definition) is 1. The molecule has 0 heterocycles. The van der Waals surface area contributed by atoms with E-state index in [-0.39, 0.29) is 18.6 Å². The molecule has 0 spiro atoms. The van der Waals surface area contributed by atoms with Crippen LogP contribution in [0.5, 0.6) is 0 Å². The van der Waals surface area contributed by atoms with Crippen LogP contribution in [0.1, 0.15) is 30.6 Å². The van der Waals surface area contributed by atoms with Crippen molar-refractivity contribution in [3.05, 3.63) is 29.6 Å². The van der Waals surface area contributed by atoms with Crippen LogP contribution in [-0.4, -0.2) is 39.2 Å². The van der Waals surface area contributed by atoms with Crippen molar-refractivity contribution in [3.63, 3.8) is 0 Å². The Balaban J connectivity index is 2.92. The zero-order valence-electron chi connectivity index (χ0n) is 12.4.